The number of ether oxygens (including phenoxy) is 2. The number of phenols is 1. The first-order valence-corrected chi connectivity index (χ1v) is 8.02. The molecule has 0 aromatic heterocycles. The van der Waals surface area contributed by atoms with Crippen LogP contribution >= 0.6 is 0 Å². The van der Waals surface area contributed by atoms with Crippen molar-refractivity contribution in [2.45, 2.75) is 26.7 Å². The maximum atomic E-state index is 11.9. The van der Waals surface area contributed by atoms with Crippen LogP contribution in [0.2, 0.25) is 0 Å². The molecule has 0 bridgehead atoms. The van der Waals surface area contributed by atoms with Crippen LogP contribution in [0, 0.1) is 5.92 Å². The fourth-order valence-corrected chi connectivity index (χ4v) is 2.48. The number of hydrogen-bond acceptors (Lipinski definition) is 4. The number of carbonyl (C=O) groups is 1. The maximum Gasteiger partial charge on any atom is 0.161 e. The molecule has 2 rings (SSSR count). The summed E-state index contributed by atoms with van der Waals surface area (Å²) in [4.78, 5) is 11.9. The van der Waals surface area contributed by atoms with E-state index >= 15 is 0 Å². The van der Waals surface area contributed by atoms with Crippen LogP contribution in [0.1, 0.15) is 32.3 Å². The highest BCUT2D eigenvalue weighted by molar-refractivity contribution is 5.91. The lowest BCUT2D eigenvalue weighted by Crippen LogP contribution is -2.14. The number of hydrogen-bond donors (Lipinski definition) is 1. The molecule has 0 aliphatic heterocycles. The van der Waals surface area contributed by atoms with Gasteiger partial charge in [-0.2, -0.15) is 0 Å². The molecule has 1 atom stereocenters. The molecule has 0 fully saturated rings. The summed E-state index contributed by atoms with van der Waals surface area (Å²) in [6.45, 7) is 4.52. The Morgan fingerprint density at radius 3 is 2.83 bits per heavy atom. The monoisotopic (exact) mass is 328 g/mol. The highest BCUT2D eigenvalue weighted by Gasteiger charge is 2.19. The minimum atomic E-state index is 0.0892. The maximum absolute atomic E-state index is 11.9. The molecule has 1 aliphatic rings. The number of phenolic OH excluding ortho intramolecular Hbond substituents is 1. The summed E-state index contributed by atoms with van der Waals surface area (Å²) >= 11 is 0. The van der Waals surface area contributed by atoms with Gasteiger partial charge >= 0.3 is 0 Å². The fraction of sp³-hybridized carbons (Fsp3) is 0.350. The van der Waals surface area contributed by atoms with Gasteiger partial charge in [-0.25, -0.2) is 0 Å². The number of carbonyl (C=O) groups excluding carboxylic acids is 1. The van der Waals surface area contributed by atoms with Crippen LogP contribution in [0.5, 0.6) is 11.5 Å². The summed E-state index contributed by atoms with van der Waals surface area (Å²) in [5.41, 5.74) is 2.11. The Morgan fingerprint density at radius 2 is 2.12 bits per heavy atom. The van der Waals surface area contributed by atoms with Gasteiger partial charge in [0.2, 0.25) is 0 Å². The van der Waals surface area contributed by atoms with Crippen molar-refractivity contribution in [3.05, 3.63) is 53.3 Å². The molecule has 0 saturated heterocycles. The Kier molecular flexibility index (Phi) is 6.24. The van der Waals surface area contributed by atoms with E-state index in [2.05, 4.69) is 0 Å². The molecule has 1 aliphatic carbocycles. The first kappa shape index (κ1) is 17.9. The van der Waals surface area contributed by atoms with Crippen molar-refractivity contribution in [2.24, 2.45) is 5.92 Å². The summed E-state index contributed by atoms with van der Waals surface area (Å²) < 4.78 is 10.8. The van der Waals surface area contributed by atoms with Gasteiger partial charge in [0.05, 0.1) is 7.11 Å². The second kappa shape index (κ2) is 8.39. The number of benzene rings is 1. The van der Waals surface area contributed by atoms with E-state index in [0.717, 1.165) is 11.3 Å². The third-order valence-corrected chi connectivity index (χ3v) is 3.77. The summed E-state index contributed by atoms with van der Waals surface area (Å²) in [5, 5.41) is 9.62. The van der Waals surface area contributed by atoms with Gasteiger partial charge in [0, 0.05) is 18.9 Å². The largest absolute Gasteiger partial charge is 0.504 e. The third-order valence-electron chi connectivity index (χ3n) is 3.77. The number of methoxy groups -OCH3 is 1. The van der Waals surface area contributed by atoms with E-state index in [1.54, 1.807) is 24.3 Å². The second-order valence-electron chi connectivity index (χ2n) is 6.13. The van der Waals surface area contributed by atoms with Crippen LogP contribution in [0.15, 0.2) is 47.8 Å². The highest BCUT2D eigenvalue weighted by Crippen LogP contribution is 2.28. The summed E-state index contributed by atoms with van der Waals surface area (Å²) in [6.07, 6.45) is 8.76. The van der Waals surface area contributed by atoms with E-state index in [0.29, 0.717) is 25.2 Å². The third kappa shape index (κ3) is 5.30. The summed E-state index contributed by atoms with van der Waals surface area (Å²) in [6, 6.07) is 5.16. The Balaban J connectivity index is 2.01. The van der Waals surface area contributed by atoms with Crippen LogP contribution in [0.25, 0.3) is 6.08 Å². The van der Waals surface area contributed by atoms with Crippen molar-refractivity contribution in [2.75, 3.05) is 13.7 Å². The standard InChI is InChI=1S/C20H24O4/c1-14(2)8-9-24-18-11-16(10-17(21)13-18)5-4-15-6-7-19(22)20(12-15)23-3/h4-8,12-13,16,22H,9-11H2,1-3H3. The zero-order chi connectivity index (χ0) is 17.5. The number of aromatic hydroxyl groups is 1. The van der Waals surface area contributed by atoms with E-state index in [1.807, 2.05) is 32.1 Å². The Hall–Kier alpha value is -2.49. The quantitative estimate of drug-likeness (QED) is 0.793. The predicted octanol–water partition coefficient (Wildman–Crippen LogP) is 4.26. The number of ketones is 1. The average molecular weight is 328 g/mol. The van der Waals surface area contributed by atoms with E-state index in [9.17, 15) is 9.90 Å². The van der Waals surface area contributed by atoms with Crippen molar-refractivity contribution in [1.29, 1.82) is 0 Å². The second-order valence-corrected chi connectivity index (χ2v) is 6.13. The van der Waals surface area contributed by atoms with Crippen molar-refractivity contribution in [3.63, 3.8) is 0 Å². The van der Waals surface area contributed by atoms with Gasteiger partial charge in [-0.3, -0.25) is 4.79 Å². The lowest BCUT2D eigenvalue weighted by molar-refractivity contribution is -0.115. The van der Waals surface area contributed by atoms with Crippen molar-refractivity contribution >= 4 is 11.9 Å². The Bertz CT molecular complexity index is 679. The van der Waals surface area contributed by atoms with Crippen molar-refractivity contribution in [1.82, 2.24) is 0 Å². The molecule has 0 radical (unpaired) electrons. The van der Waals surface area contributed by atoms with Crippen molar-refractivity contribution in [3.8, 4) is 11.5 Å². The normalized spacial score (nSPS) is 17.5. The molecule has 0 heterocycles. The van der Waals surface area contributed by atoms with Gasteiger partial charge < -0.3 is 14.6 Å². The molecule has 0 spiro atoms. The lowest BCUT2D eigenvalue weighted by atomic mass is 9.91. The van der Waals surface area contributed by atoms with Crippen LogP contribution < -0.4 is 4.74 Å². The summed E-state index contributed by atoms with van der Waals surface area (Å²) in [7, 11) is 1.52. The van der Waals surface area contributed by atoms with Gasteiger partial charge in [0.1, 0.15) is 12.4 Å². The van der Waals surface area contributed by atoms with Gasteiger partial charge in [0.15, 0.2) is 17.3 Å². The Labute approximate surface area is 143 Å². The molecule has 4 nitrogen and oxygen atoms in total. The van der Waals surface area contributed by atoms with Gasteiger partial charge in [-0.15, -0.1) is 0 Å². The Morgan fingerprint density at radius 1 is 1.33 bits per heavy atom. The van der Waals surface area contributed by atoms with Gasteiger partial charge in [-0.1, -0.05) is 23.8 Å². The van der Waals surface area contributed by atoms with Crippen LogP contribution in [-0.2, 0) is 9.53 Å². The topological polar surface area (TPSA) is 55.8 Å². The van der Waals surface area contributed by atoms with Gasteiger partial charge in [0.25, 0.3) is 0 Å². The molecule has 1 aromatic rings. The molecule has 4 heteroatoms. The molecular weight excluding hydrogens is 304 g/mol. The van der Waals surface area contributed by atoms with Crippen LogP contribution in [0.3, 0.4) is 0 Å². The number of rotatable bonds is 6. The van der Waals surface area contributed by atoms with E-state index in [4.69, 9.17) is 9.47 Å². The number of allylic oxidation sites excluding steroid dienone is 4. The minimum absolute atomic E-state index is 0.0892. The highest BCUT2D eigenvalue weighted by atomic mass is 16.5. The molecule has 1 N–H and O–H groups in total. The lowest BCUT2D eigenvalue weighted by Gasteiger charge is -2.19. The average Bonchev–Trinajstić information content (AvgIpc) is 2.53. The molecular formula is C20H24O4. The smallest absolute Gasteiger partial charge is 0.161 e. The van der Waals surface area contributed by atoms with Crippen LogP contribution in [0.4, 0.5) is 0 Å². The minimum Gasteiger partial charge on any atom is -0.504 e. The molecule has 1 aromatic carbocycles. The van der Waals surface area contributed by atoms with Crippen molar-refractivity contribution < 1.29 is 19.4 Å². The first-order chi connectivity index (χ1) is 11.5. The molecule has 0 amide bonds. The first-order valence-electron chi connectivity index (χ1n) is 8.02. The van der Waals surface area contributed by atoms with E-state index < -0.39 is 0 Å². The van der Waals surface area contributed by atoms with E-state index in [-0.39, 0.29) is 17.5 Å². The molecule has 1 unspecified atom stereocenters. The SMILES string of the molecule is COc1cc(C=CC2CC(=O)C=C(OCC=C(C)C)C2)ccc1O. The summed E-state index contributed by atoms with van der Waals surface area (Å²) in [5.74, 6) is 1.49. The molecule has 128 valence electrons. The zero-order valence-electron chi connectivity index (χ0n) is 14.4. The van der Waals surface area contributed by atoms with Crippen LogP contribution in [-0.4, -0.2) is 24.6 Å². The van der Waals surface area contributed by atoms with E-state index in [1.165, 1.54) is 12.7 Å². The predicted molar refractivity (Wildman–Crippen MR) is 94.9 cm³/mol. The fourth-order valence-electron chi connectivity index (χ4n) is 2.48. The molecule has 0 saturated carbocycles. The van der Waals surface area contributed by atoms with Gasteiger partial charge in [-0.05, 0) is 43.5 Å². The zero-order valence-corrected chi connectivity index (χ0v) is 14.4. The molecule has 24 heavy (non-hydrogen) atoms.